The first kappa shape index (κ1) is 13.6. The number of aromatic nitrogens is 1. The summed E-state index contributed by atoms with van der Waals surface area (Å²) in [5.41, 5.74) is 7.30. The van der Waals surface area contributed by atoms with Crippen molar-refractivity contribution in [2.45, 2.75) is 27.2 Å². The Hall–Kier alpha value is -1.42. The van der Waals surface area contributed by atoms with Crippen molar-refractivity contribution in [3.05, 3.63) is 24.0 Å². The molecule has 0 saturated carbocycles. The van der Waals surface area contributed by atoms with E-state index in [0.29, 0.717) is 12.5 Å². The van der Waals surface area contributed by atoms with Crippen LogP contribution in [0.3, 0.4) is 0 Å². The topological polar surface area (TPSA) is 68.0 Å². The Balaban J connectivity index is 2.64. The standard InChI is InChI=1S/C13H21N3O/c1-9(2)6-11(8-14)13(17)16-12-4-5-15-10(3)7-12/h4-5,7,9,11H,6,8,14H2,1-3H3,(H,15,16,17). The molecule has 0 spiro atoms. The molecule has 1 atom stereocenters. The van der Waals surface area contributed by atoms with Crippen molar-refractivity contribution in [1.82, 2.24) is 4.98 Å². The summed E-state index contributed by atoms with van der Waals surface area (Å²) >= 11 is 0. The molecule has 1 heterocycles. The zero-order chi connectivity index (χ0) is 12.8. The van der Waals surface area contributed by atoms with E-state index in [2.05, 4.69) is 24.1 Å². The highest BCUT2D eigenvalue weighted by atomic mass is 16.1. The molecule has 0 radical (unpaired) electrons. The summed E-state index contributed by atoms with van der Waals surface area (Å²) in [4.78, 5) is 16.1. The molecular weight excluding hydrogens is 214 g/mol. The number of carbonyl (C=O) groups excluding carboxylic acids is 1. The number of carbonyl (C=O) groups is 1. The van der Waals surface area contributed by atoms with Crippen LogP contribution in [0, 0.1) is 18.8 Å². The van der Waals surface area contributed by atoms with E-state index < -0.39 is 0 Å². The SMILES string of the molecule is Cc1cc(NC(=O)C(CN)CC(C)C)ccn1. The van der Waals surface area contributed by atoms with Crippen molar-refractivity contribution >= 4 is 11.6 Å². The Labute approximate surface area is 103 Å². The van der Waals surface area contributed by atoms with Gasteiger partial charge < -0.3 is 11.1 Å². The lowest BCUT2D eigenvalue weighted by atomic mass is 9.96. The second-order valence-electron chi connectivity index (χ2n) is 4.74. The molecule has 1 aromatic rings. The van der Waals surface area contributed by atoms with Gasteiger partial charge >= 0.3 is 0 Å². The van der Waals surface area contributed by atoms with Crippen molar-refractivity contribution in [2.75, 3.05) is 11.9 Å². The maximum atomic E-state index is 12.0. The van der Waals surface area contributed by atoms with E-state index in [4.69, 9.17) is 5.73 Å². The second-order valence-corrected chi connectivity index (χ2v) is 4.74. The highest BCUT2D eigenvalue weighted by Crippen LogP contribution is 2.14. The molecule has 0 saturated heterocycles. The van der Waals surface area contributed by atoms with Gasteiger partial charge in [0, 0.05) is 24.1 Å². The molecule has 0 bridgehead atoms. The van der Waals surface area contributed by atoms with Gasteiger partial charge in [0.1, 0.15) is 0 Å². The molecule has 17 heavy (non-hydrogen) atoms. The number of rotatable bonds is 5. The molecule has 94 valence electrons. The van der Waals surface area contributed by atoms with Gasteiger partial charge in [-0.3, -0.25) is 9.78 Å². The number of aryl methyl sites for hydroxylation is 1. The monoisotopic (exact) mass is 235 g/mol. The van der Waals surface area contributed by atoms with Gasteiger partial charge in [-0.25, -0.2) is 0 Å². The van der Waals surface area contributed by atoms with E-state index in [0.717, 1.165) is 17.8 Å². The molecule has 1 amide bonds. The second kappa shape index (κ2) is 6.35. The third kappa shape index (κ3) is 4.53. The minimum Gasteiger partial charge on any atom is -0.330 e. The van der Waals surface area contributed by atoms with Gasteiger partial charge in [-0.1, -0.05) is 13.8 Å². The van der Waals surface area contributed by atoms with Gasteiger partial charge in [-0.15, -0.1) is 0 Å². The Morgan fingerprint density at radius 1 is 1.53 bits per heavy atom. The molecule has 4 nitrogen and oxygen atoms in total. The molecule has 0 aliphatic carbocycles. The highest BCUT2D eigenvalue weighted by molar-refractivity contribution is 5.92. The van der Waals surface area contributed by atoms with Crippen molar-refractivity contribution < 1.29 is 4.79 Å². The van der Waals surface area contributed by atoms with Gasteiger partial charge in [-0.2, -0.15) is 0 Å². The summed E-state index contributed by atoms with van der Waals surface area (Å²) in [6.45, 7) is 6.46. The molecule has 1 rings (SSSR count). The van der Waals surface area contributed by atoms with Crippen LogP contribution in [-0.4, -0.2) is 17.4 Å². The van der Waals surface area contributed by atoms with Crippen LogP contribution in [0.2, 0.25) is 0 Å². The maximum Gasteiger partial charge on any atom is 0.228 e. The number of anilines is 1. The van der Waals surface area contributed by atoms with Gasteiger partial charge in [0.25, 0.3) is 0 Å². The van der Waals surface area contributed by atoms with Crippen LogP contribution < -0.4 is 11.1 Å². The lowest BCUT2D eigenvalue weighted by Crippen LogP contribution is -2.30. The highest BCUT2D eigenvalue weighted by Gasteiger charge is 2.18. The number of hydrogen-bond acceptors (Lipinski definition) is 3. The van der Waals surface area contributed by atoms with Crippen LogP contribution >= 0.6 is 0 Å². The molecule has 0 fully saturated rings. The number of pyridine rings is 1. The largest absolute Gasteiger partial charge is 0.330 e. The van der Waals surface area contributed by atoms with Gasteiger partial charge in [0.2, 0.25) is 5.91 Å². The van der Waals surface area contributed by atoms with Crippen LogP contribution in [0.4, 0.5) is 5.69 Å². The molecule has 1 aromatic heterocycles. The minimum absolute atomic E-state index is 0.00759. The number of amides is 1. The third-order valence-corrected chi connectivity index (χ3v) is 2.58. The summed E-state index contributed by atoms with van der Waals surface area (Å²) in [5, 5.41) is 2.88. The number of nitrogens with two attached hydrogens (primary N) is 1. The lowest BCUT2D eigenvalue weighted by molar-refractivity contribution is -0.120. The summed E-state index contributed by atoms with van der Waals surface area (Å²) < 4.78 is 0. The minimum atomic E-state index is -0.122. The molecule has 1 unspecified atom stereocenters. The lowest BCUT2D eigenvalue weighted by Gasteiger charge is -2.16. The number of nitrogens with zero attached hydrogens (tertiary/aromatic N) is 1. The van der Waals surface area contributed by atoms with Crippen molar-refractivity contribution in [2.24, 2.45) is 17.6 Å². The average Bonchev–Trinajstić information content (AvgIpc) is 2.25. The number of hydrogen-bond donors (Lipinski definition) is 2. The smallest absolute Gasteiger partial charge is 0.228 e. The molecule has 0 aliphatic heterocycles. The van der Waals surface area contributed by atoms with Gasteiger partial charge in [0.15, 0.2) is 0 Å². The molecular formula is C13H21N3O. The van der Waals surface area contributed by atoms with E-state index in [1.54, 1.807) is 12.3 Å². The first-order chi connectivity index (χ1) is 8.02. The summed E-state index contributed by atoms with van der Waals surface area (Å²) in [6.07, 6.45) is 2.50. The van der Waals surface area contributed by atoms with Gasteiger partial charge in [-0.05, 0) is 31.4 Å². The maximum absolute atomic E-state index is 12.0. The fourth-order valence-corrected chi connectivity index (χ4v) is 1.75. The Morgan fingerprint density at radius 2 is 2.24 bits per heavy atom. The Kier molecular flexibility index (Phi) is 5.10. The van der Waals surface area contributed by atoms with E-state index >= 15 is 0 Å². The van der Waals surface area contributed by atoms with E-state index in [1.807, 2.05) is 13.0 Å². The summed E-state index contributed by atoms with van der Waals surface area (Å²) in [6, 6.07) is 3.63. The van der Waals surface area contributed by atoms with Crippen LogP contribution in [0.1, 0.15) is 26.0 Å². The molecule has 3 N–H and O–H groups in total. The van der Waals surface area contributed by atoms with Gasteiger partial charge in [0.05, 0.1) is 5.92 Å². The van der Waals surface area contributed by atoms with Crippen LogP contribution in [-0.2, 0) is 4.79 Å². The normalized spacial score (nSPS) is 12.5. The van der Waals surface area contributed by atoms with E-state index in [1.165, 1.54) is 0 Å². The quantitative estimate of drug-likeness (QED) is 0.819. The van der Waals surface area contributed by atoms with E-state index in [-0.39, 0.29) is 11.8 Å². The third-order valence-electron chi connectivity index (χ3n) is 2.58. The number of nitrogens with one attached hydrogen (secondary N) is 1. The predicted molar refractivity (Wildman–Crippen MR) is 69.6 cm³/mol. The predicted octanol–water partition coefficient (Wildman–Crippen LogP) is 1.95. The van der Waals surface area contributed by atoms with Crippen LogP contribution in [0.25, 0.3) is 0 Å². The van der Waals surface area contributed by atoms with Crippen LogP contribution in [0.5, 0.6) is 0 Å². The fourth-order valence-electron chi connectivity index (χ4n) is 1.75. The summed E-state index contributed by atoms with van der Waals surface area (Å²) in [5.74, 6) is 0.337. The molecule has 4 heteroatoms. The van der Waals surface area contributed by atoms with Crippen molar-refractivity contribution in [3.8, 4) is 0 Å². The average molecular weight is 235 g/mol. The molecule has 0 aliphatic rings. The van der Waals surface area contributed by atoms with Crippen molar-refractivity contribution in [1.29, 1.82) is 0 Å². The first-order valence-corrected chi connectivity index (χ1v) is 5.96. The Morgan fingerprint density at radius 3 is 2.76 bits per heavy atom. The van der Waals surface area contributed by atoms with Crippen molar-refractivity contribution in [3.63, 3.8) is 0 Å². The zero-order valence-electron chi connectivity index (χ0n) is 10.7. The first-order valence-electron chi connectivity index (χ1n) is 5.96. The summed E-state index contributed by atoms with van der Waals surface area (Å²) in [7, 11) is 0. The van der Waals surface area contributed by atoms with E-state index in [9.17, 15) is 4.79 Å². The van der Waals surface area contributed by atoms with Crippen LogP contribution in [0.15, 0.2) is 18.3 Å². The molecule has 0 aromatic carbocycles. The zero-order valence-corrected chi connectivity index (χ0v) is 10.7. The Bertz CT molecular complexity index is 377. The fraction of sp³-hybridized carbons (Fsp3) is 0.538.